The highest BCUT2D eigenvalue weighted by Gasteiger charge is 2.46. The second-order valence-corrected chi connectivity index (χ2v) is 6.25. The quantitative estimate of drug-likeness (QED) is 0.926. The number of carbonyl (C=O) groups excluding carboxylic acids is 1. The molecule has 1 heterocycles. The molecule has 0 radical (unpaired) electrons. The van der Waals surface area contributed by atoms with Crippen LogP contribution in [0.2, 0.25) is 0 Å². The van der Waals surface area contributed by atoms with Gasteiger partial charge in [0.25, 0.3) is 0 Å². The van der Waals surface area contributed by atoms with Crippen molar-refractivity contribution in [2.45, 2.75) is 51.4 Å². The standard InChI is InChI=1S/C17H24N2O2/c1-4-14-17(20)19(12-9-11(2)10-12)16(18-14)13-7-5-6-8-15(13)21-3/h5-8,11-12,14,16,18H,4,9-10H2,1-3H3. The van der Waals surface area contributed by atoms with Gasteiger partial charge in [-0.25, -0.2) is 0 Å². The number of benzene rings is 1. The van der Waals surface area contributed by atoms with Gasteiger partial charge in [-0.3, -0.25) is 10.1 Å². The zero-order chi connectivity index (χ0) is 15.0. The zero-order valence-electron chi connectivity index (χ0n) is 13.0. The molecule has 1 aliphatic carbocycles. The number of nitrogens with one attached hydrogen (secondary N) is 1. The van der Waals surface area contributed by atoms with E-state index < -0.39 is 0 Å². The van der Waals surface area contributed by atoms with Crippen LogP contribution in [0.3, 0.4) is 0 Å². The number of hydrogen-bond donors (Lipinski definition) is 1. The monoisotopic (exact) mass is 288 g/mol. The summed E-state index contributed by atoms with van der Waals surface area (Å²) in [5.41, 5.74) is 1.06. The Morgan fingerprint density at radius 3 is 2.67 bits per heavy atom. The van der Waals surface area contributed by atoms with E-state index in [-0.39, 0.29) is 18.1 Å². The van der Waals surface area contributed by atoms with Gasteiger partial charge in [-0.2, -0.15) is 0 Å². The van der Waals surface area contributed by atoms with Crippen LogP contribution in [0.4, 0.5) is 0 Å². The smallest absolute Gasteiger partial charge is 0.241 e. The minimum atomic E-state index is -0.0733. The van der Waals surface area contributed by atoms with Crippen LogP contribution in [0.1, 0.15) is 44.8 Å². The number of hydrogen-bond acceptors (Lipinski definition) is 3. The maximum Gasteiger partial charge on any atom is 0.241 e. The first-order valence-corrected chi connectivity index (χ1v) is 7.86. The highest BCUT2D eigenvalue weighted by molar-refractivity contribution is 5.85. The van der Waals surface area contributed by atoms with Crippen molar-refractivity contribution in [3.05, 3.63) is 29.8 Å². The Balaban J connectivity index is 1.92. The van der Waals surface area contributed by atoms with Gasteiger partial charge in [0.2, 0.25) is 5.91 Å². The summed E-state index contributed by atoms with van der Waals surface area (Å²) in [6.07, 6.45) is 2.98. The van der Waals surface area contributed by atoms with Crippen molar-refractivity contribution in [3.63, 3.8) is 0 Å². The van der Waals surface area contributed by atoms with E-state index in [9.17, 15) is 4.79 Å². The molecule has 1 aromatic rings. The topological polar surface area (TPSA) is 41.6 Å². The van der Waals surface area contributed by atoms with Gasteiger partial charge < -0.3 is 9.64 Å². The van der Waals surface area contributed by atoms with Crippen molar-refractivity contribution < 1.29 is 9.53 Å². The first kappa shape index (κ1) is 14.4. The second kappa shape index (κ2) is 5.68. The van der Waals surface area contributed by atoms with Gasteiger partial charge in [0.1, 0.15) is 11.9 Å². The lowest BCUT2D eigenvalue weighted by molar-refractivity contribution is -0.135. The first-order valence-electron chi connectivity index (χ1n) is 7.86. The van der Waals surface area contributed by atoms with Gasteiger partial charge in [0, 0.05) is 11.6 Å². The lowest BCUT2D eigenvalue weighted by atomic mass is 9.80. The summed E-state index contributed by atoms with van der Waals surface area (Å²) in [7, 11) is 1.68. The maximum atomic E-state index is 12.7. The predicted octanol–water partition coefficient (Wildman–Crippen LogP) is 2.70. The third kappa shape index (κ3) is 2.42. The second-order valence-electron chi connectivity index (χ2n) is 6.25. The molecule has 0 aromatic heterocycles. The Labute approximate surface area is 126 Å². The Kier molecular flexibility index (Phi) is 3.89. The number of para-hydroxylation sites is 1. The van der Waals surface area contributed by atoms with Crippen LogP contribution in [-0.2, 0) is 4.79 Å². The molecule has 2 unspecified atom stereocenters. The van der Waals surface area contributed by atoms with E-state index >= 15 is 0 Å². The van der Waals surface area contributed by atoms with Crippen molar-refractivity contribution in [1.82, 2.24) is 10.2 Å². The van der Waals surface area contributed by atoms with Crippen molar-refractivity contribution in [2.75, 3.05) is 7.11 Å². The van der Waals surface area contributed by atoms with Crippen molar-refractivity contribution in [3.8, 4) is 5.75 Å². The molecule has 1 saturated carbocycles. The van der Waals surface area contributed by atoms with Gasteiger partial charge in [0.15, 0.2) is 0 Å². The van der Waals surface area contributed by atoms with Crippen molar-refractivity contribution in [2.24, 2.45) is 5.92 Å². The largest absolute Gasteiger partial charge is 0.496 e. The minimum Gasteiger partial charge on any atom is -0.496 e. The average Bonchev–Trinajstić information content (AvgIpc) is 2.80. The Hall–Kier alpha value is -1.55. The first-order chi connectivity index (χ1) is 10.2. The molecule has 1 amide bonds. The summed E-state index contributed by atoms with van der Waals surface area (Å²) >= 11 is 0. The number of ether oxygens (including phenoxy) is 1. The molecule has 1 saturated heterocycles. The van der Waals surface area contributed by atoms with E-state index in [0.717, 1.165) is 36.5 Å². The van der Waals surface area contributed by atoms with Gasteiger partial charge >= 0.3 is 0 Å². The fraction of sp³-hybridized carbons (Fsp3) is 0.588. The third-order valence-electron chi connectivity index (χ3n) is 4.77. The van der Waals surface area contributed by atoms with Crippen LogP contribution in [-0.4, -0.2) is 30.0 Å². The van der Waals surface area contributed by atoms with E-state index in [4.69, 9.17) is 4.74 Å². The van der Waals surface area contributed by atoms with Crippen LogP contribution in [0.15, 0.2) is 24.3 Å². The van der Waals surface area contributed by atoms with E-state index in [1.807, 2.05) is 18.2 Å². The summed E-state index contributed by atoms with van der Waals surface area (Å²) in [6.45, 7) is 4.31. The van der Waals surface area contributed by atoms with Gasteiger partial charge in [-0.15, -0.1) is 0 Å². The molecule has 2 aliphatic rings. The van der Waals surface area contributed by atoms with Crippen molar-refractivity contribution in [1.29, 1.82) is 0 Å². The summed E-state index contributed by atoms with van der Waals surface area (Å²) in [6, 6.07) is 8.28. The Morgan fingerprint density at radius 1 is 1.33 bits per heavy atom. The fourth-order valence-corrected chi connectivity index (χ4v) is 3.55. The number of nitrogens with zero attached hydrogens (tertiary/aromatic N) is 1. The molecule has 2 fully saturated rings. The highest BCUT2D eigenvalue weighted by atomic mass is 16.5. The molecule has 4 heteroatoms. The third-order valence-corrected chi connectivity index (χ3v) is 4.77. The number of methoxy groups -OCH3 is 1. The predicted molar refractivity (Wildman–Crippen MR) is 82.0 cm³/mol. The van der Waals surface area contributed by atoms with Gasteiger partial charge in [0.05, 0.1) is 13.2 Å². The van der Waals surface area contributed by atoms with E-state index in [1.54, 1.807) is 7.11 Å². The van der Waals surface area contributed by atoms with Gasteiger partial charge in [-0.05, 0) is 31.2 Å². The summed E-state index contributed by atoms with van der Waals surface area (Å²) in [5.74, 6) is 1.81. The molecule has 0 bridgehead atoms. The lowest BCUT2D eigenvalue weighted by Crippen LogP contribution is -2.47. The maximum absolute atomic E-state index is 12.7. The van der Waals surface area contributed by atoms with E-state index in [1.165, 1.54) is 0 Å². The van der Waals surface area contributed by atoms with E-state index in [2.05, 4.69) is 30.1 Å². The molecule has 114 valence electrons. The molecule has 3 rings (SSSR count). The summed E-state index contributed by atoms with van der Waals surface area (Å²) < 4.78 is 5.48. The molecule has 2 atom stereocenters. The highest BCUT2D eigenvalue weighted by Crippen LogP contribution is 2.40. The number of carbonyl (C=O) groups is 1. The molecule has 1 N–H and O–H groups in total. The normalized spacial score (nSPS) is 32.1. The molecule has 0 spiro atoms. The Bertz CT molecular complexity index is 525. The fourth-order valence-electron chi connectivity index (χ4n) is 3.55. The molecule has 1 aromatic carbocycles. The van der Waals surface area contributed by atoms with Crippen LogP contribution in [0.25, 0.3) is 0 Å². The van der Waals surface area contributed by atoms with E-state index in [0.29, 0.717) is 6.04 Å². The van der Waals surface area contributed by atoms with Crippen LogP contribution in [0, 0.1) is 5.92 Å². The van der Waals surface area contributed by atoms with Crippen molar-refractivity contribution >= 4 is 5.91 Å². The zero-order valence-corrected chi connectivity index (χ0v) is 13.0. The number of amides is 1. The summed E-state index contributed by atoms with van der Waals surface area (Å²) in [5, 5.41) is 3.49. The number of rotatable bonds is 4. The molecule has 4 nitrogen and oxygen atoms in total. The molecular weight excluding hydrogens is 264 g/mol. The minimum absolute atomic E-state index is 0.0592. The average molecular weight is 288 g/mol. The van der Waals surface area contributed by atoms with Crippen LogP contribution in [0.5, 0.6) is 5.75 Å². The summed E-state index contributed by atoms with van der Waals surface area (Å²) in [4.78, 5) is 14.7. The van der Waals surface area contributed by atoms with Crippen LogP contribution >= 0.6 is 0 Å². The Morgan fingerprint density at radius 2 is 2.05 bits per heavy atom. The van der Waals surface area contributed by atoms with Crippen LogP contribution < -0.4 is 10.1 Å². The van der Waals surface area contributed by atoms with Gasteiger partial charge in [-0.1, -0.05) is 32.0 Å². The molecule has 21 heavy (non-hydrogen) atoms. The molecule has 1 aliphatic heterocycles. The molecular formula is C17H24N2O2. The lowest BCUT2D eigenvalue weighted by Gasteiger charge is -2.42. The SMILES string of the molecule is CCC1NC(c2ccccc2OC)N(C2CC(C)C2)C1=O.